The molecule has 0 aliphatic heterocycles. The van der Waals surface area contributed by atoms with Gasteiger partial charge < -0.3 is 19.4 Å². The van der Waals surface area contributed by atoms with Crippen LogP contribution in [0.3, 0.4) is 0 Å². The van der Waals surface area contributed by atoms with Crippen LogP contribution in [0.25, 0.3) is 0 Å². The average molecular weight is 383 g/mol. The number of carbonyl (C=O) groups is 1. The van der Waals surface area contributed by atoms with E-state index < -0.39 is 5.97 Å². The van der Waals surface area contributed by atoms with E-state index in [1.54, 1.807) is 6.07 Å². The van der Waals surface area contributed by atoms with Crippen LogP contribution in [0.1, 0.15) is 29.2 Å². The van der Waals surface area contributed by atoms with Crippen LogP contribution < -0.4 is 4.74 Å². The number of oxime groups is 1. The van der Waals surface area contributed by atoms with E-state index in [9.17, 15) is 4.79 Å². The van der Waals surface area contributed by atoms with Crippen LogP contribution in [-0.4, -0.2) is 30.5 Å². The van der Waals surface area contributed by atoms with Crippen molar-refractivity contribution < 1.29 is 24.2 Å². The van der Waals surface area contributed by atoms with Gasteiger partial charge in [0.1, 0.15) is 12.4 Å². The summed E-state index contributed by atoms with van der Waals surface area (Å²) in [5, 5.41) is 13.3. The van der Waals surface area contributed by atoms with Crippen LogP contribution in [0, 0.1) is 13.8 Å². The summed E-state index contributed by atoms with van der Waals surface area (Å²) in [7, 11) is 1.25. The maximum atomic E-state index is 11.8. The van der Waals surface area contributed by atoms with Crippen LogP contribution in [0.4, 0.5) is 0 Å². The Kier molecular flexibility index (Phi) is 7.77. The lowest BCUT2D eigenvalue weighted by Crippen LogP contribution is -2.12. The molecule has 0 heterocycles. The van der Waals surface area contributed by atoms with Gasteiger partial charge in [-0.1, -0.05) is 47.1 Å². The number of methoxy groups -OCH3 is 1. The number of carbonyl (C=O) groups excluding carboxylic acids is 1. The minimum Gasteiger partial charge on any atom is -0.463 e. The van der Waals surface area contributed by atoms with Gasteiger partial charge in [-0.15, -0.1) is 0 Å². The van der Waals surface area contributed by atoms with Crippen molar-refractivity contribution in [3.05, 3.63) is 76.6 Å². The molecule has 2 aromatic rings. The fourth-order valence-corrected chi connectivity index (χ4v) is 2.46. The van der Waals surface area contributed by atoms with E-state index in [0.717, 1.165) is 16.7 Å². The first kappa shape index (κ1) is 21.2. The second-order valence-corrected chi connectivity index (χ2v) is 6.26. The number of aliphatic hydroxyl groups excluding tert-OH is 1. The van der Waals surface area contributed by atoms with Crippen LogP contribution in [0.2, 0.25) is 0 Å². The SMILES string of the molecule is COC(=O)/C(=C/CO)Oc1cc(/C(C)=N/OCc2cccc(C)c2)ccc1C. The number of ether oxygens (including phenoxy) is 2. The first-order valence-corrected chi connectivity index (χ1v) is 8.85. The molecular formula is C22H25NO5. The fourth-order valence-electron chi connectivity index (χ4n) is 2.46. The lowest BCUT2D eigenvalue weighted by molar-refractivity contribution is -0.138. The number of rotatable bonds is 8. The van der Waals surface area contributed by atoms with E-state index in [0.29, 0.717) is 18.1 Å². The summed E-state index contributed by atoms with van der Waals surface area (Å²) < 4.78 is 10.3. The molecule has 0 atom stereocenters. The number of hydrogen-bond acceptors (Lipinski definition) is 6. The number of hydrogen-bond donors (Lipinski definition) is 1. The zero-order chi connectivity index (χ0) is 20.5. The molecule has 148 valence electrons. The van der Waals surface area contributed by atoms with Crippen LogP contribution in [0.5, 0.6) is 5.75 Å². The first-order valence-electron chi connectivity index (χ1n) is 8.85. The second kappa shape index (κ2) is 10.3. The molecule has 0 aromatic heterocycles. The van der Waals surface area contributed by atoms with E-state index in [2.05, 4.69) is 9.89 Å². The topological polar surface area (TPSA) is 77.4 Å². The molecule has 28 heavy (non-hydrogen) atoms. The largest absolute Gasteiger partial charge is 0.463 e. The summed E-state index contributed by atoms with van der Waals surface area (Å²) in [6.07, 6.45) is 1.25. The average Bonchev–Trinajstić information content (AvgIpc) is 2.68. The molecule has 2 aromatic carbocycles. The highest BCUT2D eigenvalue weighted by Crippen LogP contribution is 2.23. The Bertz CT molecular complexity index is 886. The molecule has 0 spiro atoms. The van der Waals surface area contributed by atoms with E-state index in [1.165, 1.54) is 18.7 Å². The predicted molar refractivity (Wildman–Crippen MR) is 107 cm³/mol. The molecule has 0 amide bonds. The Morgan fingerprint density at radius 1 is 1.18 bits per heavy atom. The van der Waals surface area contributed by atoms with Crippen LogP contribution in [-0.2, 0) is 21.0 Å². The lowest BCUT2D eigenvalue weighted by Gasteiger charge is -2.12. The third-order valence-corrected chi connectivity index (χ3v) is 4.00. The summed E-state index contributed by atoms with van der Waals surface area (Å²) in [6.45, 7) is 5.75. The van der Waals surface area contributed by atoms with Crippen molar-refractivity contribution in [3.63, 3.8) is 0 Å². The highest BCUT2D eigenvalue weighted by Gasteiger charge is 2.14. The highest BCUT2D eigenvalue weighted by atomic mass is 16.6. The van der Waals surface area contributed by atoms with Gasteiger partial charge in [0.2, 0.25) is 5.76 Å². The minimum atomic E-state index is -0.661. The minimum absolute atomic E-state index is 0.0736. The molecule has 0 unspecified atom stereocenters. The number of aryl methyl sites for hydroxylation is 2. The molecule has 0 fully saturated rings. The van der Waals surface area contributed by atoms with Crippen molar-refractivity contribution in [3.8, 4) is 5.75 Å². The van der Waals surface area contributed by atoms with Gasteiger partial charge in [0.25, 0.3) is 0 Å². The molecule has 0 radical (unpaired) electrons. The molecule has 0 aliphatic carbocycles. The molecule has 1 N–H and O–H groups in total. The number of benzene rings is 2. The molecule has 0 saturated heterocycles. The van der Waals surface area contributed by atoms with E-state index in [-0.39, 0.29) is 12.4 Å². The second-order valence-electron chi connectivity index (χ2n) is 6.26. The summed E-state index contributed by atoms with van der Waals surface area (Å²) in [6, 6.07) is 13.6. The smallest absolute Gasteiger partial charge is 0.373 e. The van der Waals surface area contributed by atoms with Gasteiger partial charge in [-0.25, -0.2) is 4.79 Å². The van der Waals surface area contributed by atoms with Gasteiger partial charge in [-0.2, -0.15) is 0 Å². The van der Waals surface area contributed by atoms with E-state index in [1.807, 2.05) is 57.2 Å². The van der Waals surface area contributed by atoms with Crippen molar-refractivity contribution in [2.24, 2.45) is 5.16 Å². The van der Waals surface area contributed by atoms with Gasteiger partial charge >= 0.3 is 5.97 Å². The van der Waals surface area contributed by atoms with Crippen molar-refractivity contribution >= 4 is 11.7 Å². The van der Waals surface area contributed by atoms with Gasteiger partial charge in [0.15, 0.2) is 0 Å². The van der Waals surface area contributed by atoms with Crippen molar-refractivity contribution in [1.29, 1.82) is 0 Å². The van der Waals surface area contributed by atoms with E-state index in [4.69, 9.17) is 14.7 Å². The van der Waals surface area contributed by atoms with Gasteiger partial charge in [0, 0.05) is 5.56 Å². The molecule has 6 nitrogen and oxygen atoms in total. The fraction of sp³-hybridized carbons (Fsp3) is 0.273. The number of esters is 1. The maximum absolute atomic E-state index is 11.8. The Morgan fingerprint density at radius 3 is 2.64 bits per heavy atom. The van der Waals surface area contributed by atoms with Gasteiger partial charge in [0.05, 0.1) is 19.4 Å². The zero-order valence-corrected chi connectivity index (χ0v) is 16.6. The zero-order valence-electron chi connectivity index (χ0n) is 16.6. The van der Waals surface area contributed by atoms with Gasteiger partial charge in [-0.05, 0) is 44.0 Å². The summed E-state index contributed by atoms with van der Waals surface area (Å²) in [5.74, 6) is -0.267. The van der Waals surface area contributed by atoms with Crippen LogP contribution >= 0.6 is 0 Å². The summed E-state index contributed by atoms with van der Waals surface area (Å²) >= 11 is 0. The lowest BCUT2D eigenvalue weighted by atomic mass is 10.1. The monoisotopic (exact) mass is 383 g/mol. The number of nitrogens with zero attached hydrogens (tertiary/aromatic N) is 1. The van der Waals surface area contributed by atoms with E-state index >= 15 is 0 Å². The van der Waals surface area contributed by atoms with Crippen molar-refractivity contribution in [1.82, 2.24) is 0 Å². The third-order valence-electron chi connectivity index (χ3n) is 4.00. The third kappa shape index (κ3) is 5.96. The molecule has 0 saturated carbocycles. The Balaban J connectivity index is 2.14. The summed E-state index contributed by atoms with van der Waals surface area (Å²) in [5.41, 5.74) is 4.49. The molecule has 6 heteroatoms. The molecular weight excluding hydrogens is 358 g/mol. The molecule has 0 aliphatic rings. The predicted octanol–water partition coefficient (Wildman–Crippen LogP) is 3.67. The quantitative estimate of drug-likeness (QED) is 0.247. The maximum Gasteiger partial charge on any atom is 0.373 e. The van der Waals surface area contributed by atoms with Gasteiger partial charge in [-0.3, -0.25) is 0 Å². The molecule has 2 rings (SSSR count). The highest BCUT2D eigenvalue weighted by molar-refractivity contribution is 5.98. The van der Waals surface area contributed by atoms with Crippen LogP contribution in [0.15, 0.2) is 59.5 Å². The number of aliphatic hydroxyl groups is 1. The summed E-state index contributed by atoms with van der Waals surface area (Å²) in [4.78, 5) is 17.2. The van der Waals surface area contributed by atoms with Crippen molar-refractivity contribution in [2.45, 2.75) is 27.4 Å². The standard InChI is InChI=1S/C22H25NO5/c1-15-6-5-7-18(12-15)14-27-23-17(3)19-9-8-16(2)21(13-19)28-20(10-11-24)22(25)26-4/h5-10,12-13,24H,11,14H2,1-4H3/b20-10-,23-17+. The van der Waals surface area contributed by atoms with Crippen molar-refractivity contribution in [2.75, 3.05) is 13.7 Å². The Labute approximate surface area is 165 Å². The first-order chi connectivity index (χ1) is 13.4. The molecule has 0 bridgehead atoms. The Hall–Kier alpha value is -3.12. The Morgan fingerprint density at radius 2 is 1.96 bits per heavy atom. The normalized spacial score (nSPS) is 11.9.